The number of benzene rings is 7. The first kappa shape index (κ1) is 20.3. The Bertz CT molecular complexity index is 2130. The lowest BCUT2D eigenvalue weighted by Gasteiger charge is -2.09. The maximum absolute atomic E-state index is 6.67. The molecule has 8 rings (SSSR count). The van der Waals surface area contributed by atoms with Gasteiger partial charge in [-0.15, -0.1) is 0 Å². The van der Waals surface area contributed by atoms with Crippen molar-refractivity contribution in [2.45, 2.75) is 0 Å². The van der Waals surface area contributed by atoms with Gasteiger partial charge in [-0.25, -0.2) is 0 Å². The van der Waals surface area contributed by atoms with Gasteiger partial charge >= 0.3 is 0 Å². The molecule has 0 saturated carbocycles. The van der Waals surface area contributed by atoms with E-state index in [0.717, 1.165) is 27.5 Å². The predicted octanol–water partition coefficient (Wildman–Crippen LogP) is 10.4. The van der Waals surface area contributed by atoms with Crippen LogP contribution in [-0.2, 0) is 0 Å². The van der Waals surface area contributed by atoms with Crippen molar-refractivity contribution in [2.75, 3.05) is 0 Å². The van der Waals surface area contributed by atoms with Gasteiger partial charge < -0.3 is 4.42 Å². The number of furan rings is 1. The average Bonchev–Trinajstić information content (AvgIpc) is 3.36. The number of hydrogen-bond acceptors (Lipinski definition) is 1. The van der Waals surface area contributed by atoms with E-state index >= 15 is 0 Å². The van der Waals surface area contributed by atoms with Crippen LogP contribution in [-0.4, -0.2) is 0 Å². The van der Waals surface area contributed by atoms with Crippen LogP contribution in [0.1, 0.15) is 0 Å². The van der Waals surface area contributed by atoms with E-state index in [-0.39, 0.29) is 0 Å². The van der Waals surface area contributed by atoms with Crippen molar-refractivity contribution >= 4 is 54.3 Å². The van der Waals surface area contributed by atoms with Crippen LogP contribution in [0.2, 0.25) is 0 Å². The third-order valence-corrected chi connectivity index (χ3v) is 7.63. The van der Waals surface area contributed by atoms with Gasteiger partial charge in [-0.05, 0) is 79.5 Å². The summed E-state index contributed by atoms with van der Waals surface area (Å²) in [6.07, 6.45) is 0. The van der Waals surface area contributed by atoms with Crippen molar-refractivity contribution in [3.8, 4) is 22.3 Å². The van der Waals surface area contributed by atoms with Gasteiger partial charge in [-0.2, -0.15) is 0 Å². The molecule has 0 radical (unpaired) electrons. The summed E-state index contributed by atoms with van der Waals surface area (Å²) in [7, 11) is 0. The lowest BCUT2D eigenvalue weighted by Crippen LogP contribution is -1.83. The third kappa shape index (κ3) is 3.11. The third-order valence-electron chi connectivity index (χ3n) is 7.63. The van der Waals surface area contributed by atoms with Gasteiger partial charge in [0.05, 0.1) is 0 Å². The van der Waals surface area contributed by atoms with Crippen molar-refractivity contribution < 1.29 is 4.42 Å². The first-order valence-electron chi connectivity index (χ1n) is 12.7. The maximum atomic E-state index is 6.67. The second-order valence-corrected chi connectivity index (χ2v) is 9.75. The fraction of sp³-hybridized carbons (Fsp3) is 0. The first-order valence-corrected chi connectivity index (χ1v) is 12.7. The Kier molecular flexibility index (Phi) is 4.29. The van der Waals surface area contributed by atoms with Gasteiger partial charge in [0.2, 0.25) is 0 Å². The Labute approximate surface area is 214 Å². The van der Waals surface area contributed by atoms with Gasteiger partial charge in [0.1, 0.15) is 11.2 Å². The van der Waals surface area contributed by atoms with Crippen LogP contribution in [0.3, 0.4) is 0 Å². The molecular weight excluding hydrogens is 448 g/mol. The first-order chi connectivity index (χ1) is 18.3. The molecule has 0 bridgehead atoms. The normalized spacial score (nSPS) is 11.8. The molecule has 0 amide bonds. The van der Waals surface area contributed by atoms with Crippen LogP contribution in [0.15, 0.2) is 138 Å². The van der Waals surface area contributed by atoms with Gasteiger partial charge in [0, 0.05) is 16.2 Å². The standard InChI is InChI=1S/C36H22O/c1-2-8-23(9-3-1)27-16-18-31-33(21-27)29-12-6-7-13-30(29)35-32-19-17-28(22-34(32)37-36(31)35)26-15-14-24-10-4-5-11-25(24)20-26/h1-22H. The van der Waals surface area contributed by atoms with Gasteiger partial charge in [-0.3, -0.25) is 0 Å². The van der Waals surface area contributed by atoms with Crippen molar-refractivity contribution in [1.82, 2.24) is 0 Å². The molecule has 0 aliphatic carbocycles. The topological polar surface area (TPSA) is 13.1 Å². The molecule has 1 heterocycles. The highest BCUT2D eigenvalue weighted by Gasteiger charge is 2.17. The van der Waals surface area contributed by atoms with Crippen LogP contribution < -0.4 is 0 Å². The summed E-state index contributed by atoms with van der Waals surface area (Å²) in [4.78, 5) is 0. The fourth-order valence-corrected chi connectivity index (χ4v) is 5.81. The summed E-state index contributed by atoms with van der Waals surface area (Å²) in [5.41, 5.74) is 6.68. The van der Waals surface area contributed by atoms with Crippen LogP contribution in [0.5, 0.6) is 0 Å². The highest BCUT2D eigenvalue weighted by molar-refractivity contribution is 6.30. The van der Waals surface area contributed by atoms with Crippen molar-refractivity contribution in [1.29, 1.82) is 0 Å². The van der Waals surface area contributed by atoms with E-state index < -0.39 is 0 Å². The molecule has 0 aliphatic heterocycles. The Balaban J connectivity index is 1.40. The molecule has 1 nitrogen and oxygen atoms in total. The largest absolute Gasteiger partial charge is 0.455 e. The average molecular weight is 471 g/mol. The molecule has 1 heteroatoms. The molecule has 0 N–H and O–H groups in total. The Hall–Kier alpha value is -4.88. The summed E-state index contributed by atoms with van der Waals surface area (Å²) in [6.45, 7) is 0. The minimum Gasteiger partial charge on any atom is -0.455 e. The molecule has 0 atom stereocenters. The van der Waals surface area contributed by atoms with Crippen LogP contribution >= 0.6 is 0 Å². The van der Waals surface area contributed by atoms with E-state index in [4.69, 9.17) is 4.42 Å². The summed E-state index contributed by atoms with van der Waals surface area (Å²) in [5, 5.41) is 9.70. The zero-order valence-corrected chi connectivity index (χ0v) is 20.1. The summed E-state index contributed by atoms with van der Waals surface area (Å²) >= 11 is 0. The van der Waals surface area contributed by atoms with Gasteiger partial charge in [-0.1, -0.05) is 103 Å². The van der Waals surface area contributed by atoms with E-state index in [2.05, 4.69) is 133 Å². The molecule has 37 heavy (non-hydrogen) atoms. The van der Waals surface area contributed by atoms with E-state index in [1.807, 2.05) is 0 Å². The highest BCUT2D eigenvalue weighted by Crippen LogP contribution is 2.42. The smallest absolute Gasteiger partial charge is 0.143 e. The summed E-state index contributed by atoms with van der Waals surface area (Å²) in [6, 6.07) is 47.8. The molecule has 7 aromatic carbocycles. The SMILES string of the molecule is c1ccc(-c2ccc3c(c2)c2ccccc2c2c4ccc(-c5ccc6ccccc6c5)cc4oc32)cc1. The molecule has 0 spiro atoms. The van der Waals surface area contributed by atoms with Gasteiger partial charge in [0.25, 0.3) is 0 Å². The Morgan fingerprint density at radius 3 is 1.86 bits per heavy atom. The van der Waals surface area contributed by atoms with E-state index in [1.54, 1.807) is 0 Å². The highest BCUT2D eigenvalue weighted by atomic mass is 16.3. The van der Waals surface area contributed by atoms with Crippen LogP contribution in [0, 0.1) is 0 Å². The maximum Gasteiger partial charge on any atom is 0.143 e. The van der Waals surface area contributed by atoms with Crippen LogP contribution in [0.25, 0.3) is 76.5 Å². The molecule has 172 valence electrons. The van der Waals surface area contributed by atoms with E-state index in [9.17, 15) is 0 Å². The lowest BCUT2D eigenvalue weighted by molar-refractivity contribution is 0.673. The second kappa shape index (κ2) is 7.81. The zero-order chi connectivity index (χ0) is 24.3. The van der Waals surface area contributed by atoms with Gasteiger partial charge in [0.15, 0.2) is 0 Å². The predicted molar refractivity (Wildman–Crippen MR) is 157 cm³/mol. The van der Waals surface area contributed by atoms with Crippen LogP contribution in [0.4, 0.5) is 0 Å². The molecule has 0 aliphatic rings. The molecule has 0 unspecified atom stereocenters. The monoisotopic (exact) mass is 470 g/mol. The van der Waals surface area contributed by atoms with Crippen molar-refractivity contribution in [3.05, 3.63) is 133 Å². The fourth-order valence-electron chi connectivity index (χ4n) is 5.81. The summed E-state index contributed by atoms with van der Waals surface area (Å²) in [5.74, 6) is 0. The molecular formula is C36H22O. The number of fused-ring (bicyclic) bond motifs is 9. The van der Waals surface area contributed by atoms with E-state index in [1.165, 1.54) is 49.0 Å². The summed E-state index contributed by atoms with van der Waals surface area (Å²) < 4.78 is 6.67. The second-order valence-electron chi connectivity index (χ2n) is 9.75. The molecule has 0 fully saturated rings. The number of hydrogen-bond donors (Lipinski definition) is 0. The molecule has 8 aromatic rings. The zero-order valence-electron chi connectivity index (χ0n) is 20.1. The Morgan fingerprint density at radius 1 is 0.351 bits per heavy atom. The lowest BCUT2D eigenvalue weighted by atomic mass is 9.94. The quantitative estimate of drug-likeness (QED) is 0.229. The minimum atomic E-state index is 0.922. The minimum absolute atomic E-state index is 0.922. The van der Waals surface area contributed by atoms with E-state index in [0.29, 0.717) is 0 Å². The Morgan fingerprint density at radius 2 is 1.00 bits per heavy atom. The number of rotatable bonds is 2. The molecule has 1 aromatic heterocycles. The van der Waals surface area contributed by atoms with Crippen molar-refractivity contribution in [2.24, 2.45) is 0 Å². The van der Waals surface area contributed by atoms with Crippen molar-refractivity contribution in [3.63, 3.8) is 0 Å². The molecule has 0 saturated heterocycles.